The normalized spacial score (nSPS) is 11.1. The molecule has 1 amide bonds. The molecule has 0 aliphatic carbocycles. The van der Waals surface area contributed by atoms with Gasteiger partial charge in [-0.05, 0) is 34.1 Å². The Morgan fingerprint density at radius 2 is 1.81 bits per heavy atom. The van der Waals surface area contributed by atoms with E-state index in [1.807, 2.05) is 27.7 Å². The fraction of sp³-hybridized carbons (Fsp3) is 0.867. The van der Waals surface area contributed by atoms with Crippen LogP contribution < -0.4 is 5.48 Å². The predicted octanol–water partition coefficient (Wildman–Crippen LogP) is 2.87. The molecule has 21 heavy (non-hydrogen) atoms. The summed E-state index contributed by atoms with van der Waals surface area (Å²) in [4.78, 5) is 29.7. The molecular formula is C15H30N2O4. The zero-order valence-electron chi connectivity index (χ0n) is 14.0. The number of amides is 1. The molecule has 1 N–H and O–H groups in total. The van der Waals surface area contributed by atoms with E-state index in [0.717, 1.165) is 19.3 Å². The first-order valence-electron chi connectivity index (χ1n) is 7.70. The van der Waals surface area contributed by atoms with Crippen LogP contribution in [-0.4, -0.2) is 42.2 Å². The van der Waals surface area contributed by atoms with Crippen molar-refractivity contribution in [3.05, 3.63) is 0 Å². The molecule has 0 saturated carbocycles. The van der Waals surface area contributed by atoms with Crippen molar-refractivity contribution >= 4 is 12.1 Å². The van der Waals surface area contributed by atoms with Gasteiger partial charge >= 0.3 is 12.1 Å². The van der Waals surface area contributed by atoms with Crippen molar-refractivity contribution in [2.24, 2.45) is 0 Å². The number of carbonyl (C=O) groups excluding carboxylic acids is 2. The molecule has 6 heteroatoms. The third-order valence-electron chi connectivity index (χ3n) is 2.69. The molecule has 0 spiro atoms. The van der Waals surface area contributed by atoms with E-state index in [0.29, 0.717) is 26.1 Å². The monoisotopic (exact) mass is 302 g/mol. The summed E-state index contributed by atoms with van der Waals surface area (Å²) in [5.41, 5.74) is 2.09. The zero-order chi connectivity index (χ0) is 16.3. The first-order chi connectivity index (χ1) is 9.80. The van der Waals surface area contributed by atoms with Gasteiger partial charge in [-0.15, -0.1) is 0 Å². The molecule has 0 radical (unpaired) electrons. The van der Waals surface area contributed by atoms with E-state index in [2.05, 4.69) is 12.4 Å². The number of nitrogens with one attached hydrogen (secondary N) is 1. The van der Waals surface area contributed by atoms with Gasteiger partial charge in [0.25, 0.3) is 0 Å². The molecule has 0 fully saturated rings. The van der Waals surface area contributed by atoms with Crippen LogP contribution in [-0.2, 0) is 14.4 Å². The Labute approximate surface area is 128 Å². The van der Waals surface area contributed by atoms with Crippen LogP contribution in [0.15, 0.2) is 0 Å². The lowest BCUT2D eigenvalue weighted by Crippen LogP contribution is -2.40. The molecule has 0 atom stereocenters. The molecular weight excluding hydrogens is 272 g/mol. The standard InChI is InChI=1S/C15H30N2O4/c1-6-8-9-10-13(18)21-16-11-12-17(7-2)14(19)20-15(3,4)5/h16H,6-12H2,1-5H3. The highest BCUT2D eigenvalue weighted by molar-refractivity contribution is 5.69. The Kier molecular flexibility index (Phi) is 9.78. The second kappa shape index (κ2) is 10.4. The van der Waals surface area contributed by atoms with Crippen LogP contribution in [0.5, 0.6) is 0 Å². The molecule has 124 valence electrons. The van der Waals surface area contributed by atoms with E-state index in [4.69, 9.17) is 9.57 Å². The van der Waals surface area contributed by atoms with Crippen molar-refractivity contribution in [2.75, 3.05) is 19.6 Å². The highest BCUT2D eigenvalue weighted by Gasteiger charge is 2.20. The highest BCUT2D eigenvalue weighted by atomic mass is 16.7. The third-order valence-corrected chi connectivity index (χ3v) is 2.69. The molecule has 0 aromatic heterocycles. The van der Waals surface area contributed by atoms with Gasteiger partial charge in [-0.2, -0.15) is 5.48 Å². The molecule has 0 saturated heterocycles. The first kappa shape index (κ1) is 19.7. The fourth-order valence-corrected chi connectivity index (χ4v) is 1.59. The number of likely N-dealkylation sites (N-methyl/N-ethyl adjacent to an activating group) is 1. The lowest BCUT2D eigenvalue weighted by atomic mass is 10.2. The van der Waals surface area contributed by atoms with Gasteiger partial charge < -0.3 is 14.5 Å². The Bertz CT molecular complexity index is 313. The summed E-state index contributed by atoms with van der Waals surface area (Å²) >= 11 is 0. The minimum Gasteiger partial charge on any atom is -0.444 e. The Morgan fingerprint density at radius 1 is 1.14 bits per heavy atom. The van der Waals surface area contributed by atoms with Crippen molar-refractivity contribution in [3.8, 4) is 0 Å². The largest absolute Gasteiger partial charge is 0.444 e. The molecule has 0 aliphatic heterocycles. The summed E-state index contributed by atoms with van der Waals surface area (Å²) in [5, 5.41) is 0. The summed E-state index contributed by atoms with van der Waals surface area (Å²) in [6, 6.07) is 0. The molecule has 0 aromatic rings. The van der Waals surface area contributed by atoms with Gasteiger partial charge in [-0.3, -0.25) is 4.79 Å². The van der Waals surface area contributed by atoms with Crippen LogP contribution in [0.25, 0.3) is 0 Å². The zero-order valence-corrected chi connectivity index (χ0v) is 14.0. The smallest absolute Gasteiger partial charge is 0.410 e. The molecule has 0 bridgehead atoms. The maximum atomic E-state index is 11.9. The van der Waals surface area contributed by atoms with Gasteiger partial charge in [0.15, 0.2) is 0 Å². The number of carbonyl (C=O) groups is 2. The molecule has 0 aliphatic rings. The van der Waals surface area contributed by atoms with Gasteiger partial charge in [-0.1, -0.05) is 19.8 Å². The van der Waals surface area contributed by atoms with Gasteiger partial charge in [0.05, 0.1) is 0 Å². The number of rotatable bonds is 9. The highest BCUT2D eigenvalue weighted by Crippen LogP contribution is 2.09. The van der Waals surface area contributed by atoms with Gasteiger partial charge in [-0.25, -0.2) is 4.79 Å². The van der Waals surface area contributed by atoms with Crippen molar-refractivity contribution in [3.63, 3.8) is 0 Å². The number of hydrogen-bond acceptors (Lipinski definition) is 5. The molecule has 0 rings (SSSR count). The van der Waals surface area contributed by atoms with Crippen molar-refractivity contribution in [1.29, 1.82) is 0 Å². The Hall–Kier alpha value is -1.30. The van der Waals surface area contributed by atoms with E-state index in [9.17, 15) is 9.59 Å². The third kappa shape index (κ3) is 11.1. The summed E-state index contributed by atoms with van der Waals surface area (Å²) in [5.74, 6) is -0.260. The quantitative estimate of drug-likeness (QED) is 0.524. The van der Waals surface area contributed by atoms with Crippen LogP contribution in [0.3, 0.4) is 0 Å². The summed E-state index contributed by atoms with van der Waals surface area (Å²) in [6.07, 6.45) is 3.00. The predicted molar refractivity (Wildman–Crippen MR) is 81.7 cm³/mol. The fourth-order valence-electron chi connectivity index (χ4n) is 1.59. The Balaban J connectivity index is 3.87. The lowest BCUT2D eigenvalue weighted by Gasteiger charge is -2.26. The van der Waals surface area contributed by atoms with Gasteiger partial charge in [0, 0.05) is 26.1 Å². The minimum absolute atomic E-state index is 0.260. The van der Waals surface area contributed by atoms with Crippen molar-refractivity contribution in [1.82, 2.24) is 10.4 Å². The lowest BCUT2D eigenvalue weighted by molar-refractivity contribution is -0.151. The van der Waals surface area contributed by atoms with Crippen LogP contribution in [0.4, 0.5) is 4.79 Å². The van der Waals surface area contributed by atoms with E-state index >= 15 is 0 Å². The second-order valence-corrected chi connectivity index (χ2v) is 5.89. The van der Waals surface area contributed by atoms with E-state index in [-0.39, 0.29) is 12.1 Å². The van der Waals surface area contributed by atoms with Crippen LogP contribution >= 0.6 is 0 Å². The summed E-state index contributed by atoms with van der Waals surface area (Å²) in [6.45, 7) is 10.8. The van der Waals surface area contributed by atoms with Crippen LogP contribution in [0.2, 0.25) is 0 Å². The SMILES string of the molecule is CCCCCC(=O)ONCCN(CC)C(=O)OC(C)(C)C. The van der Waals surface area contributed by atoms with Crippen molar-refractivity contribution < 1.29 is 19.2 Å². The average Bonchev–Trinajstić information content (AvgIpc) is 2.37. The van der Waals surface area contributed by atoms with E-state index in [1.54, 1.807) is 4.90 Å². The van der Waals surface area contributed by atoms with Gasteiger partial charge in [0.1, 0.15) is 5.60 Å². The van der Waals surface area contributed by atoms with Crippen molar-refractivity contribution in [2.45, 2.75) is 65.9 Å². The summed E-state index contributed by atoms with van der Waals surface area (Å²) in [7, 11) is 0. The topological polar surface area (TPSA) is 67.9 Å². The van der Waals surface area contributed by atoms with Crippen LogP contribution in [0.1, 0.15) is 60.3 Å². The maximum absolute atomic E-state index is 11.9. The number of nitrogens with zero attached hydrogens (tertiary/aromatic N) is 1. The number of hydroxylamine groups is 1. The molecule has 0 aromatic carbocycles. The first-order valence-corrected chi connectivity index (χ1v) is 7.70. The van der Waals surface area contributed by atoms with E-state index in [1.165, 1.54) is 0 Å². The van der Waals surface area contributed by atoms with E-state index < -0.39 is 5.60 Å². The maximum Gasteiger partial charge on any atom is 0.410 e. The molecule has 0 unspecified atom stereocenters. The minimum atomic E-state index is -0.510. The van der Waals surface area contributed by atoms with Crippen LogP contribution in [0, 0.1) is 0 Å². The molecule has 6 nitrogen and oxygen atoms in total. The second-order valence-electron chi connectivity index (χ2n) is 5.89. The average molecular weight is 302 g/mol. The Morgan fingerprint density at radius 3 is 2.33 bits per heavy atom. The van der Waals surface area contributed by atoms with Gasteiger partial charge in [0.2, 0.25) is 0 Å². The number of ether oxygens (including phenoxy) is 1. The summed E-state index contributed by atoms with van der Waals surface area (Å²) < 4.78 is 5.29. The number of unbranched alkanes of at least 4 members (excludes halogenated alkanes) is 2. The number of hydrogen-bond donors (Lipinski definition) is 1. The molecule has 0 heterocycles.